The average Bonchev–Trinajstić information content (AvgIpc) is 2.25. The highest BCUT2D eigenvalue weighted by Gasteiger charge is 2.01. The van der Waals surface area contributed by atoms with Crippen LogP contribution in [-0.2, 0) is 0 Å². The van der Waals surface area contributed by atoms with Crippen LogP contribution in [0, 0.1) is 6.92 Å². The molecule has 0 aliphatic rings. The van der Waals surface area contributed by atoms with E-state index in [1.54, 1.807) is 18.6 Å². The maximum atomic E-state index is 5.62. The van der Waals surface area contributed by atoms with Gasteiger partial charge in [0.1, 0.15) is 10.2 Å². The molecular formula is C9H7ClN4S. The predicted molar refractivity (Wildman–Crippen MR) is 57.9 cm³/mol. The van der Waals surface area contributed by atoms with Crippen molar-refractivity contribution in [3.63, 3.8) is 0 Å². The lowest BCUT2D eigenvalue weighted by Crippen LogP contribution is -1.88. The highest BCUT2D eigenvalue weighted by atomic mass is 35.5. The van der Waals surface area contributed by atoms with Crippen molar-refractivity contribution in [3.05, 3.63) is 35.5 Å². The monoisotopic (exact) mass is 238 g/mol. The smallest absolute Gasteiger partial charge is 0.193 e. The fourth-order valence-electron chi connectivity index (χ4n) is 0.880. The number of halogens is 1. The van der Waals surface area contributed by atoms with Gasteiger partial charge in [-0.15, -0.1) is 0 Å². The van der Waals surface area contributed by atoms with Gasteiger partial charge in [-0.25, -0.2) is 19.9 Å². The first-order valence-electron chi connectivity index (χ1n) is 4.18. The highest BCUT2D eigenvalue weighted by molar-refractivity contribution is 7.99. The van der Waals surface area contributed by atoms with E-state index in [2.05, 4.69) is 19.9 Å². The molecule has 0 N–H and O–H groups in total. The van der Waals surface area contributed by atoms with Crippen LogP contribution >= 0.6 is 23.4 Å². The van der Waals surface area contributed by atoms with Crippen molar-refractivity contribution in [2.45, 2.75) is 17.1 Å². The lowest BCUT2D eigenvalue weighted by Gasteiger charge is -1.98. The first-order chi connectivity index (χ1) is 7.24. The van der Waals surface area contributed by atoms with Crippen LogP contribution in [0.4, 0.5) is 0 Å². The van der Waals surface area contributed by atoms with Gasteiger partial charge in [-0.05, 0) is 24.2 Å². The highest BCUT2D eigenvalue weighted by Crippen LogP contribution is 2.21. The molecule has 0 amide bonds. The Morgan fingerprint density at radius 2 is 1.73 bits per heavy atom. The number of aryl methyl sites for hydroxylation is 1. The first-order valence-corrected chi connectivity index (χ1v) is 5.37. The Morgan fingerprint density at radius 1 is 1.00 bits per heavy atom. The molecule has 0 saturated heterocycles. The fourth-order valence-corrected chi connectivity index (χ4v) is 1.59. The summed E-state index contributed by atoms with van der Waals surface area (Å²) in [6.07, 6.45) is 6.62. The van der Waals surface area contributed by atoms with Crippen LogP contribution in [0.1, 0.15) is 5.56 Å². The fraction of sp³-hybridized carbons (Fsp3) is 0.111. The Hall–Kier alpha value is -1.20. The molecule has 0 radical (unpaired) electrons. The van der Waals surface area contributed by atoms with E-state index in [-0.39, 0.29) is 0 Å². The summed E-state index contributed by atoms with van der Waals surface area (Å²) in [5.74, 6) is 0. The SMILES string of the molecule is Cc1cnc(Sc2cnc(Cl)cn2)nc1. The van der Waals surface area contributed by atoms with E-state index in [1.165, 1.54) is 18.0 Å². The normalized spacial score (nSPS) is 10.3. The maximum absolute atomic E-state index is 5.62. The maximum Gasteiger partial charge on any atom is 0.193 e. The number of nitrogens with zero attached hydrogens (tertiary/aromatic N) is 4. The number of hydrogen-bond donors (Lipinski definition) is 0. The third-order valence-corrected chi connectivity index (χ3v) is 2.56. The van der Waals surface area contributed by atoms with E-state index in [9.17, 15) is 0 Å². The van der Waals surface area contributed by atoms with Crippen LogP contribution in [-0.4, -0.2) is 19.9 Å². The molecular weight excluding hydrogens is 232 g/mol. The Morgan fingerprint density at radius 3 is 2.33 bits per heavy atom. The van der Waals surface area contributed by atoms with E-state index < -0.39 is 0 Å². The Kier molecular flexibility index (Phi) is 3.13. The van der Waals surface area contributed by atoms with Gasteiger partial charge in [0.05, 0.1) is 12.4 Å². The summed E-state index contributed by atoms with van der Waals surface area (Å²) in [5.41, 5.74) is 1.03. The molecule has 2 aromatic rings. The zero-order valence-electron chi connectivity index (χ0n) is 7.88. The average molecular weight is 239 g/mol. The second-order valence-electron chi connectivity index (χ2n) is 2.82. The minimum atomic E-state index is 0.379. The number of hydrogen-bond acceptors (Lipinski definition) is 5. The van der Waals surface area contributed by atoms with Crippen LogP contribution in [0.15, 0.2) is 35.0 Å². The lowest BCUT2D eigenvalue weighted by atomic mass is 10.4. The molecule has 0 bridgehead atoms. The zero-order chi connectivity index (χ0) is 10.7. The van der Waals surface area contributed by atoms with Gasteiger partial charge in [-0.1, -0.05) is 11.6 Å². The molecule has 0 aliphatic carbocycles. The van der Waals surface area contributed by atoms with Crippen LogP contribution in [0.25, 0.3) is 0 Å². The van der Waals surface area contributed by atoms with Crippen LogP contribution in [0.2, 0.25) is 5.15 Å². The molecule has 4 nitrogen and oxygen atoms in total. The summed E-state index contributed by atoms with van der Waals surface area (Å²) in [6.45, 7) is 1.94. The van der Waals surface area contributed by atoms with Gasteiger partial charge < -0.3 is 0 Å². The summed E-state index contributed by atoms with van der Waals surface area (Å²) in [7, 11) is 0. The minimum Gasteiger partial charge on any atom is -0.245 e. The van der Waals surface area contributed by atoms with E-state index >= 15 is 0 Å². The van der Waals surface area contributed by atoms with Gasteiger partial charge in [0.2, 0.25) is 0 Å². The van der Waals surface area contributed by atoms with Gasteiger partial charge in [-0.2, -0.15) is 0 Å². The molecule has 2 rings (SSSR count). The van der Waals surface area contributed by atoms with Gasteiger partial charge in [0.15, 0.2) is 5.16 Å². The Labute approximate surface area is 96.2 Å². The van der Waals surface area contributed by atoms with Gasteiger partial charge in [0.25, 0.3) is 0 Å². The topological polar surface area (TPSA) is 51.6 Å². The summed E-state index contributed by atoms with van der Waals surface area (Å²) in [4.78, 5) is 16.3. The van der Waals surface area contributed by atoms with Crippen molar-refractivity contribution in [3.8, 4) is 0 Å². The Bertz CT molecular complexity index is 399. The zero-order valence-corrected chi connectivity index (χ0v) is 9.46. The molecule has 6 heteroatoms. The van der Waals surface area contributed by atoms with Crippen molar-refractivity contribution in [2.24, 2.45) is 0 Å². The quantitative estimate of drug-likeness (QED) is 0.752. The van der Waals surface area contributed by atoms with E-state index in [4.69, 9.17) is 11.6 Å². The lowest BCUT2D eigenvalue weighted by molar-refractivity contribution is 0.941. The van der Waals surface area contributed by atoms with E-state index in [1.807, 2.05) is 6.92 Å². The van der Waals surface area contributed by atoms with Gasteiger partial charge in [-0.3, -0.25) is 0 Å². The molecule has 0 unspecified atom stereocenters. The molecule has 2 heterocycles. The molecule has 0 fully saturated rings. The number of aromatic nitrogens is 4. The van der Waals surface area contributed by atoms with Gasteiger partial charge in [0, 0.05) is 12.4 Å². The van der Waals surface area contributed by atoms with Crippen molar-refractivity contribution in [2.75, 3.05) is 0 Å². The molecule has 15 heavy (non-hydrogen) atoms. The van der Waals surface area contributed by atoms with Crippen molar-refractivity contribution < 1.29 is 0 Å². The van der Waals surface area contributed by atoms with E-state index in [0.29, 0.717) is 10.3 Å². The van der Waals surface area contributed by atoms with Crippen molar-refractivity contribution in [1.29, 1.82) is 0 Å². The molecule has 0 aromatic carbocycles. The summed E-state index contributed by atoms with van der Waals surface area (Å²) in [6, 6.07) is 0. The molecule has 0 saturated carbocycles. The minimum absolute atomic E-state index is 0.379. The third kappa shape index (κ3) is 2.87. The number of rotatable bonds is 2. The molecule has 0 spiro atoms. The first kappa shape index (κ1) is 10.3. The summed E-state index contributed by atoms with van der Waals surface area (Å²) >= 11 is 6.97. The van der Waals surface area contributed by atoms with Crippen LogP contribution in [0.3, 0.4) is 0 Å². The second kappa shape index (κ2) is 4.55. The van der Waals surface area contributed by atoms with Crippen molar-refractivity contribution in [1.82, 2.24) is 19.9 Å². The Balaban J connectivity index is 2.15. The van der Waals surface area contributed by atoms with Crippen LogP contribution < -0.4 is 0 Å². The van der Waals surface area contributed by atoms with Gasteiger partial charge >= 0.3 is 0 Å². The van der Waals surface area contributed by atoms with Crippen LogP contribution in [0.5, 0.6) is 0 Å². The second-order valence-corrected chi connectivity index (χ2v) is 4.20. The molecule has 2 aromatic heterocycles. The summed E-state index contributed by atoms with van der Waals surface area (Å²) in [5, 5.41) is 1.75. The third-order valence-electron chi connectivity index (χ3n) is 1.55. The molecule has 76 valence electrons. The van der Waals surface area contributed by atoms with E-state index in [0.717, 1.165) is 10.6 Å². The molecule has 0 atom stereocenters. The largest absolute Gasteiger partial charge is 0.245 e. The molecule has 0 aliphatic heterocycles. The summed E-state index contributed by atoms with van der Waals surface area (Å²) < 4.78 is 0. The predicted octanol–water partition coefficient (Wildman–Crippen LogP) is 2.38. The standard InChI is InChI=1S/C9H7ClN4S/c1-6-2-13-9(14-3-6)15-8-5-11-7(10)4-12-8/h2-5H,1H3. The van der Waals surface area contributed by atoms with Crippen molar-refractivity contribution >= 4 is 23.4 Å².